The molecule has 1 N–H and O–H groups in total. The normalized spacial score (nSPS) is 10.8. The Kier molecular flexibility index (Phi) is 6.08. The Balaban J connectivity index is 3.30. The van der Waals surface area contributed by atoms with Gasteiger partial charge in [-0.3, -0.25) is 10.1 Å². The number of nitro groups is 1. The standard InChI is InChI=1S/C14H22N4O3/c1-6-7-15-13-11(18(19)20)14(21-8-9(2)3)17-12(16-13)10(4)5/h6,9-10H,1,7-8H2,2-5H3,(H,15,16,17). The summed E-state index contributed by atoms with van der Waals surface area (Å²) >= 11 is 0. The number of nitrogens with one attached hydrogen (secondary N) is 1. The first-order chi connectivity index (χ1) is 9.86. The summed E-state index contributed by atoms with van der Waals surface area (Å²) in [6.45, 7) is 12.1. The third kappa shape index (κ3) is 4.70. The monoisotopic (exact) mass is 294 g/mol. The molecule has 7 nitrogen and oxygen atoms in total. The fourth-order valence-corrected chi connectivity index (χ4v) is 1.51. The molecule has 1 aromatic rings. The van der Waals surface area contributed by atoms with Crippen LogP contribution in [0.1, 0.15) is 39.4 Å². The highest BCUT2D eigenvalue weighted by Crippen LogP contribution is 2.33. The summed E-state index contributed by atoms with van der Waals surface area (Å²) < 4.78 is 5.51. The quantitative estimate of drug-likeness (QED) is 0.450. The molecule has 0 aliphatic heterocycles. The summed E-state index contributed by atoms with van der Waals surface area (Å²) in [5.74, 6) is 0.963. The molecule has 116 valence electrons. The van der Waals surface area contributed by atoms with Gasteiger partial charge in [0.25, 0.3) is 5.88 Å². The van der Waals surface area contributed by atoms with Crippen molar-refractivity contribution in [3.63, 3.8) is 0 Å². The first-order valence-electron chi connectivity index (χ1n) is 6.90. The van der Waals surface area contributed by atoms with Crippen LogP contribution >= 0.6 is 0 Å². The van der Waals surface area contributed by atoms with Gasteiger partial charge in [-0.2, -0.15) is 4.98 Å². The van der Waals surface area contributed by atoms with Crippen LogP contribution in [0.15, 0.2) is 12.7 Å². The Morgan fingerprint density at radius 1 is 1.38 bits per heavy atom. The van der Waals surface area contributed by atoms with Gasteiger partial charge in [0.1, 0.15) is 5.82 Å². The predicted molar refractivity (Wildman–Crippen MR) is 81.8 cm³/mol. The summed E-state index contributed by atoms with van der Waals surface area (Å²) in [7, 11) is 0. The number of ether oxygens (including phenoxy) is 1. The molecule has 0 fully saturated rings. The Morgan fingerprint density at radius 2 is 2.05 bits per heavy atom. The number of hydrogen-bond donors (Lipinski definition) is 1. The van der Waals surface area contributed by atoms with Crippen LogP contribution < -0.4 is 10.1 Å². The summed E-state index contributed by atoms with van der Waals surface area (Å²) in [6.07, 6.45) is 1.61. The Morgan fingerprint density at radius 3 is 2.52 bits per heavy atom. The molecular formula is C14H22N4O3. The zero-order valence-corrected chi connectivity index (χ0v) is 12.9. The number of rotatable bonds is 8. The smallest absolute Gasteiger partial charge is 0.372 e. The second-order valence-electron chi connectivity index (χ2n) is 5.37. The minimum atomic E-state index is -0.523. The van der Waals surface area contributed by atoms with Crippen molar-refractivity contribution in [2.45, 2.75) is 33.6 Å². The summed E-state index contributed by atoms with van der Waals surface area (Å²) in [5.41, 5.74) is -0.234. The number of hydrogen-bond acceptors (Lipinski definition) is 6. The van der Waals surface area contributed by atoms with Crippen LogP contribution in [-0.2, 0) is 0 Å². The molecule has 0 amide bonds. The molecule has 1 aromatic heterocycles. The van der Waals surface area contributed by atoms with Crippen LogP contribution in [0.4, 0.5) is 11.5 Å². The lowest BCUT2D eigenvalue weighted by Gasteiger charge is -2.13. The van der Waals surface area contributed by atoms with Crippen molar-refractivity contribution in [1.82, 2.24) is 9.97 Å². The van der Waals surface area contributed by atoms with E-state index in [-0.39, 0.29) is 29.2 Å². The molecule has 0 aliphatic carbocycles. The van der Waals surface area contributed by atoms with Crippen LogP contribution in [0.2, 0.25) is 0 Å². The third-order valence-electron chi connectivity index (χ3n) is 2.54. The van der Waals surface area contributed by atoms with E-state index in [4.69, 9.17) is 4.74 Å². The summed E-state index contributed by atoms with van der Waals surface area (Å²) in [5, 5.41) is 14.2. The van der Waals surface area contributed by atoms with E-state index < -0.39 is 4.92 Å². The topological polar surface area (TPSA) is 90.2 Å². The van der Waals surface area contributed by atoms with Crippen LogP contribution in [0.5, 0.6) is 5.88 Å². The van der Waals surface area contributed by atoms with E-state index in [1.807, 2.05) is 27.7 Å². The third-order valence-corrected chi connectivity index (χ3v) is 2.54. The van der Waals surface area contributed by atoms with E-state index in [1.165, 1.54) is 0 Å². The van der Waals surface area contributed by atoms with Crippen molar-refractivity contribution in [2.24, 2.45) is 5.92 Å². The first kappa shape index (κ1) is 16.9. The van der Waals surface area contributed by atoms with Gasteiger partial charge in [-0.05, 0) is 5.92 Å². The number of nitrogens with zero attached hydrogens (tertiary/aromatic N) is 3. The van der Waals surface area contributed by atoms with Crippen LogP contribution in [0, 0.1) is 16.0 Å². The van der Waals surface area contributed by atoms with E-state index >= 15 is 0 Å². The Bertz CT molecular complexity index is 515. The van der Waals surface area contributed by atoms with Gasteiger partial charge in [0.15, 0.2) is 0 Å². The maximum Gasteiger partial charge on any atom is 0.372 e. The molecule has 0 atom stereocenters. The highest BCUT2D eigenvalue weighted by atomic mass is 16.6. The van der Waals surface area contributed by atoms with Gasteiger partial charge in [0, 0.05) is 12.5 Å². The lowest BCUT2D eigenvalue weighted by molar-refractivity contribution is -0.385. The molecule has 21 heavy (non-hydrogen) atoms. The molecule has 0 bridgehead atoms. The Hall–Kier alpha value is -2.18. The van der Waals surface area contributed by atoms with Crippen molar-refractivity contribution < 1.29 is 9.66 Å². The second kappa shape index (κ2) is 7.56. The fourth-order valence-electron chi connectivity index (χ4n) is 1.51. The molecule has 0 unspecified atom stereocenters. The van der Waals surface area contributed by atoms with Gasteiger partial charge in [0.05, 0.1) is 11.5 Å². The van der Waals surface area contributed by atoms with Crippen molar-refractivity contribution in [2.75, 3.05) is 18.5 Å². The van der Waals surface area contributed by atoms with Crippen LogP contribution in [0.3, 0.4) is 0 Å². The minimum Gasteiger partial charge on any atom is -0.472 e. The maximum atomic E-state index is 11.3. The highest BCUT2D eigenvalue weighted by Gasteiger charge is 2.27. The van der Waals surface area contributed by atoms with Gasteiger partial charge >= 0.3 is 5.69 Å². The molecule has 0 spiro atoms. The molecule has 1 heterocycles. The zero-order chi connectivity index (χ0) is 16.0. The molecule has 7 heteroatoms. The molecular weight excluding hydrogens is 272 g/mol. The van der Waals surface area contributed by atoms with E-state index in [0.29, 0.717) is 19.0 Å². The average molecular weight is 294 g/mol. The lowest BCUT2D eigenvalue weighted by Crippen LogP contribution is -2.13. The minimum absolute atomic E-state index is 0.0129. The SMILES string of the molecule is C=CCNc1nc(C(C)C)nc(OCC(C)C)c1[N+](=O)[O-]. The molecule has 0 aliphatic rings. The van der Waals surface area contributed by atoms with Crippen LogP contribution in [-0.4, -0.2) is 28.0 Å². The van der Waals surface area contributed by atoms with E-state index in [1.54, 1.807) is 6.08 Å². The first-order valence-corrected chi connectivity index (χ1v) is 6.90. The van der Waals surface area contributed by atoms with Crippen molar-refractivity contribution in [1.29, 1.82) is 0 Å². The maximum absolute atomic E-state index is 11.3. The zero-order valence-electron chi connectivity index (χ0n) is 12.9. The van der Waals surface area contributed by atoms with Gasteiger partial charge in [-0.25, -0.2) is 4.98 Å². The highest BCUT2D eigenvalue weighted by molar-refractivity contribution is 5.62. The van der Waals surface area contributed by atoms with E-state index in [0.717, 1.165) is 0 Å². The van der Waals surface area contributed by atoms with Gasteiger partial charge in [-0.15, -0.1) is 6.58 Å². The van der Waals surface area contributed by atoms with Crippen molar-refractivity contribution in [3.8, 4) is 5.88 Å². The molecule has 1 rings (SSSR count). The van der Waals surface area contributed by atoms with Gasteiger partial charge in [-0.1, -0.05) is 33.8 Å². The lowest BCUT2D eigenvalue weighted by atomic mass is 10.2. The summed E-state index contributed by atoms with van der Waals surface area (Å²) in [4.78, 5) is 19.2. The molecule has 0 saturated heterocycles. The van der Waals surface area contributed by atoms with Crippen LogP contribution in [0.25, 0.3) is 0 Å². The van der Waals surface area contributed by atoms with Gasteiger partial charge in [0.2, 0.25) is 5.82 Å². The van der Waals surface area contributed by atoms with Crippen molar-refractivity contribution >= 4 is 11.5 Å². The molecule has 0 radical (unpaired) electrons. The van der Waals surface area contributed by atoms with Crippen molar-refractivity contribution in [3.05, 3.63) is 28.6 Å². The molecule has 0 saturated carbocycles. The van der Waals surface area contributed by atoms with Gasteiger partial charge < -0.3 is 10.1 Å². The molecule has 0 aromatic carbocycles. The predicted octanol–water partition coefficient (Wildman–Crippen LogP) is 3.14. The average Bonchev–Trinajstić information content (AvgIpc) is 2.41. The second-order valence-corrected chi connectivity index (χ2v) is 5.37. The fraction of sp³-hybridized carbons (Fsp3) is 0.571. The van der Waals surface area contributed by atoms with E-state index in [9.17, 15) is 10.1 Å². The number of anilines is 1. The summed E-state index contributed by atoms with van der Waals surface area (Å²) in [6, 6.07) is 0. The number of aromatic nitrogens is 2. The Labute approximate surface area is 124 Å². The largest absolute Gasteiger partial charge is 0.472 e. The van der Waals surface area contributed by atoms with E-state index in [2.05, 4.69) is 21.9 Å².